The average molecular weight is 226 g/mol. The van der Waals surface area contributed by atoms with Gasteiger partial charge in [0.1, 0.15) is 0 Å². The molecule has 3 heteroatoms. The van der Waals surface area contributed by atoms with Crippen LogP contribution in [0.1, 0.15) is 31.1 Å². The Hall–Kier alpha value is -0.510. The molecule has 0 amide bonds. The van der Waals surface area contributed by atoms with Crippen molar-refractivity contribution in [2.75, 3.05) is 6.61 Å². The molecule has 0 aliphatic carbocycles. The molecule has 0 bridgehead atoms. The maximum absolute atomic E-state index is 10.0. The van der Waals surface area contributed by atoms with Crippen molar-refractivity contribution in [1.82, 2.24) is 0 Å². The number of aliphatic hydroxyl groups is 2. The lowest BCUT2D eigenvalue weighted by molar-refractivity contribution is 0.00638. The molecule has 0 heterocycles. The molecule has 1 aromatic carbocycles. The van der Waals surface area contributed by atoms with E-state index in [0.717, 1.165) is 11.1 Å². The summed E-state index contributed by atoms with van der Waals surface area (Å²) in [6, 6.07) is 7.65. The number of rotatable bonds is 4. The number of benzene rings is 1. The van der Waals surface area contributed by atoms with Crippen LogP contribution in [-0.2, 0) is 5.75 Å². The molecule has 0 aliphatic rings. The van der Waals surface area contributed by atoms with Gasteiger partial charge in [0.25, 0.3) is 0 Å². The lowest BCUT2D eigenvalue weighted by atomic mass is 9.83. The second-order valence-electron chi connectivity index (χ2n) is 4.45. The zero-order valence-electron chi connectivity index (χ0n) is 9.14. The van der Waals surface area contributed by atoms with Crippen LogP contribution in [0.2, 0.25) is 0 Å². The lowest BCUT2D eigenvalue weighted by Crippen LogP contribution is -2.25. The maximum Gasteiger partial charge on any atom is 0.0862 e. The normalized spacial score (nSPS) is 13.9. The molecule has 0 saturated heterocycles. The minimum Gasteiger partial charge on any atom is -0.396 e. The Balaban J connectivity index is 2.87. The van der Waals surface area contributed by atoms with Gasteiger partial charge in [0.15, 0.2) is 0 Å². The fourth-order valence-electron chi connectivity index (χ4n) is 1.34. The van der Waals surface area contributed by atoms with Crippen molar-refractivity contribution >= 4 is 12.6 Å². The van der Waals surface area contributed by atoms with Gasteiger partial charge in [-0.1, -0.05) is 38.1 Å². The lowest BCUT2D eigenvalue weighted by Gasteiger charge is -2.28. The van der Waals surface area contributed by atoms with Crippen LogP contribution in [0.3, 0.4) is 0 Å². The van der Waals surface area contributed by atoms with Crippen LogP contribution in [0.5, 0.6) is 0 Å². The van der Waals surface area contributed by atoms with Gasteiger partial charge < -0.3 is 10.2 Å². The molecule has 2 N–H and O–H groups in total. The van der Waals surface area contributed by atoms with E-state index in [9.17, 15) is 5.11 Å². The highest BCUT2D eigenvalue weighted by Gasteiger charge is 2.28. The van der Waals surface area contributed by atoms with Crippen LogP contribution in [-0.4, -0.2) is 16.8 Å². The smallest absolute Gasteiger partial charge is 0.0862 e. The Morgan fingerprint density at radius 2 is 1.80 bits per heavy atom. The molecule has 0 aromatic heterocycles. The van der Waals surface area contributed by atoms with E-state index in [-0.39, 0.29) is 6.61 Å². The SMILES string of the molecule is CC(C)(CO)C(O)c1ccc(CS)cc1. The van der Waals surface area contributed by atoms with E-state index in [0.29, 0.717) is 5.75 Å². The van der Waals surface area contributed by atoms with Crippen molar-refractivity contribution in [2.45, 2.75) is 25.7 Å². The van der Waals surface area contributed by atoms with Gasteiger partial charge in [-0.2, -0.15) is 12.6 Å². The van der Waals surface area contributed by atoms with Crippen molar-refractivity contribution in [3.63, 3.8) is 0 Å². The third kappa shape index (κ3) is 2.97. The Bertz CT molecular complexity index is 306. The second kappa shape index (κ2) is 5.01. The highest BCUT2D eigenvalue weighted by atomic mass is 32.1. The molecular formula is C12H18O2S. The van der Waals surface area contributed by atoms with Gasteiger partial charge in [0.05, 0.1) is 12.7 Å². The van der Waals surface area contributed by atoms with E-state index >= 15 is 0 Å². The van der Waals surface area contributed by atoms with Crippen molar-refractivity contribution in [2.24, 2.45) is 5.41 Å². The van der Waals surface area contributed by atoms with Gasteiger partial charge >= 0.3 is 0 Å². The fraction of sp³-hybridized carbons (Fsp3) is 0.500. The monoisotopic (exact) mass is 226 g/mol. The Morgan fingerprint density at radius 3 is 2.20 bits per heavy atom. The van der Waals surface area contributed by atoms with Crippen LogP contribution >= 0.6 is 12.6 Å². The third-order valence-electron chi connectivity index (χ3n) is 2.63. The zero-order valence-corrected chi connectivity index (χ0v) is 10.0. The van der Waals surface area contributed by atoms with E-state index in [2.05, 4.69) is 12.6 Å². The van der Waals surface area contributed by atoms with Gasteiger partial charge in [-0.25, -0.2) is 0 Å². The predicted molar refractivity (Wildman–Crippen MR) is 65.0 cm³/mol. The number of aliphatic hydroxyl groups excluding tert-OH is 2. The highest BCUT2D eigenvalue weighted by molar-refractivity contribution is 7.79. The molecule has 0 radical (unpaired) electrons. The largest absolute Gasteiger partial charge is 0.396 e. The molecular weight excluding hydrogens is 208 g/mol. The van der Waals surface area contributed by atoms with Crippen molar-refractivity contribution in [3.05, 3.63) is 35.4 Å². The summed E-state index contributed by atoms with van der Waals surface area (Å²) in [7, 11) is 0. The first-order valence-corrected chi connectivity index (χ1v) is 5.63. The average Bonchev–Trinajstić information content (AvgIpc) is 2.28. The minimum atomic E-state index is -0.642. The molecule has 0 saturated carbocycles. The molecule has 0 spiro atoms. The molecule has 15 heavy (non-hydrogen) atoms. The van der Waals surface area contributed by atoms with Crippen molar-refractivity contribution < 1.29 is 10.2 Å². The first-order valence-electron chi connectivity index (χ1n) is 5.00. The van der Waals surface area contributed by atoms with Crippen molar-refractivity contribution in [1.29, 1.82) is 0 Å². The molecule has 1 unspecified atom stereocenters. The molecule has 1 aromatic rings. The predicted octanol–water partition coefficient (Wildman–Crippen LogP) is 2.17. The summed E-state index contributed by atoms with van der Waals surface area (Å²) in [5, 5.41) is 19.2. The second-order valence-corrected chi connectivity index (χ2v) is 4.77. The summed E-state index contributed by atoms with van der Waals surface area (Å²) in [5.41, 5.74) is 1.44. The number of thiol groups is 1. The fourth-order valence-corrected chi connectivity index (χ4v) is 1.55. The molecule has 2 nitrogen and oxygen atoms in total. The van der Waals surface area contributed by atoms with Crippen LogP contribution < -0.4 is 0 Å². The quantitative estimate of drug-likeness (QED) is 0.689. The van der Waals surface area contributed by atoms with E-state index < -0.39 is 11.5 Å². The summed E-state index contributed by atoms with van der Waals surface area (Å²) in [6.07, 6.45) is -0.642. The summed E-state index contributed by atoms with van der Waals surface area (Å²) in [4.78, 5) is 0. The summed E-state index contributed by atoms with van der Waals surface area (Å²) in [6.45, 7) is 3.64. The van der Waals surface area contributed by atoms with E-state index in [1.807, 2.05) is 38.1 Å². The minimum absolute atomic E-state index is 0.0392. The van der Waals surface area contributed by atoms with Crippen LogP contribution in [0.25, 0.3) is 0 Å². The van der Waals surface area contributed by atoms with Crippen molar-refractivity contribution in [3.8, 4) is 0 Å². The van der Waals surface area contributed by atoms with Crippen LogP contribution in [0, 0.1) is 5.41 Å². The van der Waals surface area contributed by atoms with Crippen LogP contribution in [0.4, 0.5) is 0 Å². The molecule has 0 fully saturated rings. The molecule has 1 atom stereocenters. The zero-order chi connectivity index (χ0) is 11.5. The standard InChI is InChI=1S/C12H18O2S/c1-12(2,8-13)11(14)10-5-3-9(7-15)4-6-10/h3-6,11,13-15H,7-8H2,1-2H3. The topological polar surface area (TPSA) is 40.5 Å². The van der Waals surface area contributed by atoms with Gasteiger partial charge in [-0.05, 0) is 11.1 Å². The van der Waals surface area contributed by atoms with Gasteiger partial charge in [-0.3, -0.25) is 0 Å². The van der Waals surface area contributed by atoms with Gasteiger partial charge in [0.2, 0.25) is 0 Å². The summed E-state index contributed by atoms with van der Waals surface area (Å²) in [5.74, 6) is 0.694. The Labute approximate surface area is 96.4 Å². The van der Waals surface area contributed by atoms with E-state index in [1.54, 1.807) is 0 Å². The maximum atomic E-state index is 10.0. The molecule has 84 valence electrons. The van der Waals surface area contributed by atoms with E-state index in [1.165, 1.54) is 0 Å². The highest BCUT2D eigenvalue weighted by Crippen LogP contribution is 2.32. The van der Waals surface area contributed by atoms with E-state index in [4.69, 9.17) is 5.11 Å². The Morgan fingerprint density at radius 1 is 1.27 bits per heavy atom. The first-order chi connectivity index (χ1) is 7.01. The number of hydrogen-bond donors (Lipinski definition) is 3. The summed E-state index contributed by atoms with van der Waals surface area (Å²) >= 11 is 4.17. The van der Waals surface area contributed by atoms with Crippen LogP contribution in [0.15, 0.2) is 24.3 Å². The first kappa shape index (κ1) is 12.6. The van der Waals surface area contributed by atoms with Gasteiger partial charge in [-0.15, -0.1) is 0 Å². The molecule has 0 aliphatic heterocycles. The number of hydrogen-bond acceptors (Lipinski definition) is 3. The van der Waals surface area contributed by atoms with Gasteiger partial charge in [0, 0.05) is 11.2 Å². The Kier molecular flexibility index (Phi) is 4.20. The third-order valence-corrected chi connectivity index (χ3v) is 2.99. The summed E-state index contributed by atoms with van der Waals surface area (Å²) < 4.78 is 0. The molecule has 1 rings (SSSR count).